The lowest BCUT2D eigenvalue weighted by molar-refractivity contribution is -0.135. The van der Waals surface area contributed by atoms with Crippen LogP contribution in [-0.4, -0.2) is 48.6 Å². The van der Waals surface area contributed by atoms with Crippen molar-refractivity contribution in [1.29, 1.82) is 0 Å². The van der Waals surface area contributed by atoms with Gasteiger partial charge in [0.1, 0.15) is 6.04 Å². The molecule has 0 aliphatic carbocycles. The van der Waals surface area contributed by atoms with Crippen molar-refractivity contribution in [1.82, 2.24) is 20.1 Å². The van der Waals surface area contributed by atoms with Crippen molar-refractivity contribution in [3.63, 3.8) is 0 Å². The van der Waals surface area contributed by atoms with Gasteiger partial charge in [0.25, 0.3) is 0 Å². The molecule has 2 aromatic heterocycles. The lowest BCUT2D eigenvalue weighted by atomic mass is 10.2. The molecule has 2 aliphatic rings. The second-order valence-electron chi connectivity index (χ2n) is 6.20. The number of aromatic nitrogens is 3. The summed E-state index contributed by atoms with van der Waals surface area (Å²) in [5.74, 6) is 0.546. The SMILES string of the molecule is Cc1[nH]nc2ncc(NC(=O)C3CSC4(C)CCC(=O)N34)cc12. The van der Waals surface area contributed by atoms with Gasteiger partial charge in [-0.15, -0.1) is 11.8 Å². The molecule has 2 atom stereocenters. The van der Waals surface area contributed by atoms with Crippen LogP contribution < -0.4 is 5.32 Å². The Morgan fingerprint density at radius 1 is 1.57 bits per heavy atom. The average molecular weight is 331 g/mol. The topological polar surface area (TPSA) is 91.0 Å². The van der Waals surface area contributed by atoms with Crippen LogP contribution in [0.1, 0.15) is 25.5 Å². The minimum Gasteiger partial charge on any atom is -0.323 e. The van der Waals surface area contributed by atoms with Gasteiger partial charge >= 0.3 is 0 Å². The van der Waals surface area contributed by atoms with Crippen molar-refractivity contribution in [2.24, 2.45) is 0 Å². The summed E-state index contributed by atoms with van der Waals surface area (Å²) < 4.78 is 0. The number of amides is 2. The lowest BCUT2D eigenvalue weighted by Crippen LogP contribution is -2.48. The van der Waals surface area contributed by atoms with Crippen LogP contribution in [-0.2, 0) is 9.59 Å². The maximum absolute atomic E-state index is 12.6. The number of carbonyl (C=O) groups excluding carboxylic acids is 2. The van der Waals surface area contributed by atoms with Crippen molar-refractivity contribution in [3.05, 3.63) is 18.0 Å². The van der Waals surface area contributed by atoms with Gasteiger partial charge in [0, 0.05) is 23.3 Å². The molecule has 8 heteroatoms. The molecule has 4 heterocycles. The summed E-state index contributed by atoms with van der Waals surface area (Å²) >= 11 is 1.69. The van der Waals surface area contributed by atoms with Gasteiger partial charge in [-0.2, -0.15) is 5.10 Å². The van der Waals surface area contributed by atoms with Gasteiger partial charge < -0.3 is 10.2 Å². The first-order valence-corrected chi connectivity index (χ1v) is 8.54. The fraction of sp³-hybridized carbons (Fsp3) is 0.467. The zero-order valence-electron chi connectivity index (χ0n) is 12.9. The number of pyridine rings is 1. The molecule has 0 radical (unpaired) electrons. The Kier molecular flexibility index (Phi) is 3.12. The molecule has 0 aromatic carbocycles. The fourth-order valence-corrected chi connectivity index (χ4v) is 4.76. The summed E-state index contributed by atoms with van der Waals surface area (Å²) in [4.78, 5) is 30.5. The van der Waals surface area contributed by atoms with Crippen LogP contribution in [0.4, 0.5) is 5.69 Å². The van der Waals surface area contributed by atoms with E-state index >= 15 is 0 Å². The molecule has 0 saturated carbocycles. The van der Waals surface area contributed by atoms with Crippen LogP contribution in [0.15, 0.2) is 12.3 Å². The van der Waals surface area contributed by atoms with Gasteiger partial charge in [0.05, 0.1) is 16.8 Å². The smallest absolute Gasteiger partial charge is 0.248 e. The zero-order valence-corrected chi connectivity index (χ0v) is 13.7. The summed E-state index contributed by atoms with van der Waals surface area (Å²) in [6.07, 6.45) is 2.92. The molecule has 0 bridgehead atoms. The maximum atomic E-state index is 12.6. The van der Waals surface area contributed by atoms with Crippen LogP contribution >= 0.6 is 11.8 Å². The van der Waals surface area contributed by atoms with E-state index in [4.69, 9.17) is 0 Å². The van der Waals surface area contributed by atoms with Gasteiger partial charge in [0.2, 0.25) is 11.8 Å². The molecule has 0 spiro atoms. The highest BCUT2D eigenvalue weighted by Crippen LogP contribution is 2.47. The largest absolute Gasteiger partial charge is 0.323 e. The van der Waals surface area contributed by atoms with E-state index in [-0.39, 0.29) is 16.7 Å². The molecular weight excluding hydrogens is 314 g/mol. The number of hydrogen-bond acceptors (Lipinski definition) is 5. The second kappa shape index (κ2) is 4.95. The number of aromatic amines is 1. The van der Waals surface area contributed by atoms with Crippen molar-refractivity contribution >= 4 is 40.3 Å². The van der Waals surface area contributed by atoms with Crippen LogP contribution in [0, 0.1) is 6.92 Å². The van der Waals surface area contributed by atoms with Crippen molar-refractivity contribution in [2.45, 2.75) is 37.6 Å². The lowest BCUT2D eigenvalue weighted by Gasteiger charge is -2.29. The molecular formula is C15H17N5O2S. The van der Waals surface area contributed by atoms with Crippen molar-refractivity contribution in [3.8, 4) is 0 Å². The number of nitrogens with zero attached hydrogens (tertiary/aromatic N) is 3. The third-order valence-electron chi connectivity index (χ3n) is 4.62. The number of aryl methyl sites for hydroxylation is 1. The van der Waals surface area contributed by atoms with E-state index in [1.54, 1.807) is 22.9 Å². The number of carbonyl (C=O) groups is 2. The Bertz CT molecular complexity index is 819. The van der Waals surface area contributed by atoms with E-state index in [0.29, 0.717) is 23.5 Å². The molecule has 2 N–H and O–H groups in total. The standard InChI is InChI=1S/C15H17N5O2S/c1-8-10-5-9(6-16-13(10)19-18-8)17-14(22)11-7-23-15(2)4-3-12(21)20(11)15/h5-6,11H,3-4,7H2,1-2H3,(H,17,22)(H,16,18,19). The molecule has 2 amide bonds. The number of hydrogen-bond donors (Lipinski definition) is 2. The Morgan fingerprint density at radius 3 is 3.22 bits per heavy atom. The second-order valence-corrected chi connectivity index (χ2v) is 7.70. The maximum Gasteiger partial charge on any atom is 0.248 e. The highest BCUT2D eigenvalue weighted by Gasteiger charge is 2.52. The summed E-state index contributed by atoms with van der Waals surface area (Å²) in [7, 11) is 0. The molecule has 2 saturated heterocycles. The minimum absolute atomic E-state index is 0.0666. The highest BCUT2D eigenvalue weighted by atomic mass is 32.2. The third-order valence-corrected chi connectivity index (χ3v) is 6.12. The zero-order chi connectivity index (χ0) is 16.2. The normalized spacial score (nSPS) is 26.8. The molecule has 120 valence electrons. The molecule has 2 fully saturated rings. The van der Waals surface area contributed by atoms with Crippen LogP contribution in [0.2, 0.25) is 0 Å². The molecule has 2 unspecified atom stereocenters. The summed E-state index contributed by atoms with van der Waals surface area (Å²) in [5.41, 5.74) is 2.15. The molecule has 23 heavy (non-hydrogen) atoms. The van der Waals surface area contributed by atoms with Crippen LogP contribution in [0.5, 0.6) is 0 Å². The summed E-state index contributed by atoms with van der Waals surface area (Å²) in [5, 5.41) is 10.7. The van der Waals surface area contributed by atoms with E-state index in [2.05, 4.69) is 20.5 Å². The van der Waals surface area contributed by atoms with E-state index in [1.165, 1.54) is 0 Å². The number of fused-ring (bicyclic) bond motifs is 2. The van der Waals surface area contributed by atoms with Gasteiger partial charge in [-0.25, -0.2) is 4.98 Å². The third kappa shape index (κ3) is 2.20. The molecule has 2 aromatic rings. The number of nitrogens with one attached hydrogen (secondary N) is 2. The first-order chi connectivity index (χ1) is 11.0. The Hall–Kier alpha value is -2.09. The molecule has 7 nitrogen and oxygen atoms in total. The quantitative estimate of drug-likeness (QED) is 0.873. The Labute approximate surface area is 137 Å². The number of H-pyrrole nitrogens is 1. The molecule has 4 rings (SSSR count). The highest BCUT2D eigenvalue weighted by molar-refractivity contribution is 8.01. The summed E-state index contributed by atoms with van der Waals surface area (Å²) in [6, 6.07) is 1.44. The number of anilines is 1. The summed E-state index contributed by atoms with van der Waals surface area (Å²) in [6.45, 7) is 3.95. The fourth-order valence-electron chi connectivity index (χ4n) is 3.33. The van der Waals surface area contributed by atoms with Gasteiger partial charge in [-0.3, -0.25) is 14.7 Å². The first kappa shape index (κ1) is 14.5. The minimum atomic E-state index is -0.416. The van der Waals surface area contributed by atoms with Crippen molar-refractivity contribution in [2.75, 3.05) is 11.1 Å². The first-order valence-electron chi connectivity index (χ1n) is 7.56. The van der Waals surface area contributed by atoms with Crippen molar-refractivity contribution < 1.29 is 9.59 Å². The van der Waals surface area contributed by atoms with Gasteiger partial charge in [0.15, 0.2) is 5.65 Å². The van der Waals surface area contributed by atoms with Gasteiger partial charge in [-0.1, -0.05) is 0 Å². The number of rotatable bonds is 2. The van der Waals surface area contributed by atoms with E-state index in [0.717, 1.165) is 17.5 Å². The average Bonchev–Trinajstić information content (AvgIpc) is 3.14. The van der Waals surface area contributed by atoms with E-state index < -0.39 is 6.04 Å². The Morgan fingerprint density at radius 2 is 2.39 bits per heavy atom. The van der Waals surface area contributed by atoms with Gasteiger partial charge in [-0.05, 0) is 26.3 Å². The predicted molar refractivity (Wildman–Crippen MR) is 88.0 cm³/mol. The van der Waals surface area contributed by atoms with Crippen LogP contribution in [0.25, 0.3) is 11.0 Å². The Balaban J connectivity index is 1.57. The number of thioether (sulfide) groups is 1. The monoisotopic (exact) mass is 331 g/mol. The van der Waals surface area contributed by atoms with Crippen LogP contribution in [0.3, 0.4) is 0 Å². The van der Waals surface area contributed by atoms with E-state index in [9.17, 15) is 9.59 Å². The molecule has 2 aliphatic heterocycles. The van der Waals surface area contributed by atoms with E-state index in [1.807, 2.05) is 19.9 Å². The predicted octanol–water partition coefficient (Wildman–Crippen LogP) is 1.66.